The fraction of sp³-hybridized carbons (Fsp3) is 0.654. The van der Waals surface area contributed by atoms with Gasteiger partial charge in [0.05, 0.1) is 6.61 Å². The van der Waals surface area contributed by atoms with Crippen LogP contribution in [0, 0.1) is 0 Å². The van der Waals surface area contributed by atoms with Crippen molar-refractivity contribution in [1.82, 2.24) is 0 Å². The molecule has 28 heavy (non-hydrogen) atoms. The number of ether oxygens (including phenoxy) is 1. The second kappa shape index (κ2) is 23.5. The fourth-order valence-corrected chi connectivity index (χ4v) is 2.67. The summed E-state index contributed by atoms with van der Waals surface area (Å²) in [6.45, 7) is 4.99. The minimum absolute atomic E-state index is 0.0381. The van der Waals surface area contributed by atoms with Crippen LogP contribution in [0.2, 0.25) is 0 Å². The van der Waals surface area contributed by atoms with Crippen LogP contribution >= 0.6 is 0 Å². The van der Waals surface area contributed by atoms with E-state index in [2.05, 4.69) is 62.5 Å². The summed E-state index contributed by atoms with van der Waals surface area (Å²) in [4.78, 5) is 11.7. The first-order chi connectivity index (χ1) is 13.8. The average Bonchev–Trinajstić information content (AvgIpc) is 2.70. The SMILES string of the molecule is CCCC/C=C/C=C\CCCCCC(=O)OCCCC/C=C\C=C\CCCC. The third kappa shape index (κ3) is 22.5. The van der Waals surface area contributed by atoms with Crippen LogP contribution in [0.3, 0.4) is 0 Å². The fourth-order valence-electron chi connectivity index (χ4n) is 2.67. The zero-order valence-corrected chi connectivity index (χ0v) is 18.5. The Morgan fingerprint density at radius 3 is 1.57 bits per heavy atom. The minimum atomic E-state index is -0.0381. The van der Waals surface area contributed by atoms with Crippen LogP contribution in [0.25, 0.3) is 0 Å². The van der Waals surface area contributed by atoms with Gasteiger partial charge in [-0.1, -0.05) is 94.6 Å². The second-order valence-electron chi connectivity index (χ2n) is 7.31. The molecule has 0 aromatic carbocycles. The van der Waals surface area contributed by atoms with Gasteiger partial charge in [0.15, 0.2) is 0 Å². The number of esters is 1. The van der Waals surface area contributed by atoms with Crippen LogP contribution in [0.1, 0.15) is 104 Å². The second-order valence-corrected chi connectivity index (χ2v) is 7.31. The molecule has 160 valence electrons. The topological polar surface area (TPSA) is 26.3 Å². The number of hydrogen-bond acceptors (Lipinski definition) is 2. The summed E-state index contributed by atoms with van der Waals surface area (Å²) in [5, 5.41) is 0. The normalized spacial score (nSPS) is 12.2. The smallest absolute Gasteiger partial charge is 0.305 e. The molecule has 0 aliphatic rings. The van der Waals surface area contributed by atoms with E-state index in [1.807, 2.05) is 0 Å². The highest BCUT2D eigenvalue weighted by Crippen LogP contribution is 2.06. The number of rotatable bonds is 19. The van der Waals surface area contributed by atoms with Crippen LogP contribution < -0.4 is 0 Å². The molecule has 2 nitrogen and oxygen atoms in total. The maximum Gasteiger partial charge on any atom is 0.305 e. The third-order valence-corrected chi connectivity index (χ3v) is 4.50. The zero-order chi connectivity index (χ0) is 20.5. The van der Waals surface area contributed by atoms with Crippen molar-refractivity contribution in [2.45, 2.75) is 104 Å². The molecule has 0 rings (SSSR count). The van der Waals surface area contributed by atoms with Crippen molar-refractivity contribution in [1.29, 1.82) is 0 Å². The maximum absolute atomic E-state index is 11.7. The van der Waals surface area contributed by atoms with Crippen molar-refractivity contribution in [3.63, 3.8) is 0 Å². The molecule has 0 saturated carbocycles. The molecule has 0 aromatic rings. The molecule has 0 saturated heterocycles. The van der Waals surface area contributed by atoms with E-state index in [0.717, 1.165) is 44.9 Å². The molecular formula is C26H44O2. The average molecular weight is 389 g/mol. The number of allylic oxidation sites excluding steroid dienone is 8. The van der Waals surface area contributed by atoms with Gasteiger partial charge in [-0.3, -0.25) is 4.79 Å². The molecule has 0 atom stereocenters. The van der Waals surface area contributed by atoms with Gasteiger partial charge in [0.2, 0.25) is 0 Å². The Morgan fingerprint density at radius 2 is 1.07 bits per heavy atom. The molecule has 0 bridgehead atoms. The Labute approximate surface area is 174 Å². The molecule has 0 unspecified atom stereocenters. The molecular weight excluding hydrogens is 344 g/mol. The van der Waals surface area contributed by atoms with Crippen molar-refractivity contribution in [2.24, 2.45) is 0 Å². The number of hydrogen-bond donors (Lipinski definition) is 0. The van der Waals surface area contributed by atoms with Gasteiger partial charge in [0.25, 0.3) is 0 Å². The van der Waals surface area contributed by atoms with Gasteiger partial charge in [-0.15, -0.1) is 0 Å². The Morgan fingerprint density at radius 1 is 0.607 bits per heavy atom. The lowest BCUT2D eigenvalue weighted by atomic mass is 10.1. The highest BCUT2D eigenvalue weighted by Gasteiger charge is 2.01. The van der Waals surface area contributed by atoms with Gasteiger partial charge >= 0.3 is 5.97 Å². The highest BCUT2D eigenvalue weighted by molar-refractivity contribution is 5.69. The third-order valence-electron chi connectivity index (χ3n) is 4.50. The summed E-state index contributed by atoms with van der Waals surface area (Å²) in [6.07, 6.45) is 32.7. The summed E-state index contributed by atoms with van der Waals surface area (Å²) in [5.74, 6) is -0.0381. The quantitative estimate of drug-likeness (QED) is 0.126. The van der Waals surface area contributed by atoms with Gasteiger partial charge < -0.3 is 4.74 Å². The van der Waals surface area contributed by atoms with Gasteiger partial charge in [-0.05, 0) is 51.4 Å². The first kappa shape index (κ1) is 26.4. The van der Waals surface area contributed by atoms with Crippen molar-refractivity contribution in [3.05, 3.63) is 48.6 Å². The first-order valence-electron chi connectivity index (χ1n) is 11.6. The van der Waals surface area contributed by atoms with Crippen LogP contribution in [0.15, 0.2) is 48.6 Å². The minimum Gasteiger partial charge on any atom is -0.466 e. The molecule has 0 aromatic heterocycles. The zero-order valence-electron chi connectivity index (χ0n) is 18.5. The Balaban J connectivity index is 3.37. The van der Waals surface area contributed by atoms with E-state index in [1.165, 1.54) is 38.5 Å². The van der Waals surface area contributed by atoms with Gasteiger partial charge in [-0.25, -0.2) is 0 Å². The number of unbranched alkanes of at least 4 members (excludes halogenated alkanes) is 9. The lowest BCUT2D eigenvalue weighted by Crippen LogP contribution is -2.05. The monoisotopic (exact) mass is 388 g/mol. The Kier molecular flexibility index (Phi) is 22.2. The Hall–Kier alpha value is -1.57. The van der Waals surface area contributed by atoms with Crippen LogP contribution in [-0.4, -0.2) is 12.6 Å². The summed E-state index contributed by atoms with van der Waals surface area (Å²) in [5.41, 5.74) is 0. The maximum atomic E-state index is 11.7. The van der Waals surface area contributed by atoms with E-state index in [9.17, 15) is 4.79 Å². The van der Waals surface area contributed by atoms with E-state index < -0.39 is 0 Å². The van der Waals surface area contributed by atoms with E-state index in [1.54, 1.807) is 0 Å². The standard InChI is InChI=1S/C26H44O2/c1-3-5-7-9-11-13-15-16-18-20-22-24-26(27)28-25-23-21-19-17-14-12-10-8-6-4-2/h9-15,17H,3-8,16,18-25H2,1-2H3/b11-9+,12-10+,15-13-,17-14-. The molecule has 0 heterocycles. The van der Waals surface area contributed by atoms with E-state index in [4.69, 9.17) is 4.74 Å². The van der Waals surface area contributed by atoms with Gasteiger partial charge in [-0.2, -0.15) is 0 Å². The molecule has 0 spiro atoms. The van der Waals surface area contributed by atoms with Crippen molar-refractivity contribution in [3.8, 4) is 0 Å². The van der Waals surface area contributed by atoms with E-state index >= 15 is 0 Å². The molecule has 0 fully saturated rings. The van der Waals surface area contributed by atoms with E-state index in [-0.39, 0.29) is 5.97 Å². The lowest BCUT2D eigenvalue weighted by Gasteiger charge is -2.04. The molecule has 0 amide bonds. The number of carbonyl (C=O) groups is 1. The molecule has 0 radical (unpaired) electrons. The van der Waals surface area contributed by atoms with Gasteiger partial charge in [0.1, 0.15) is 0 Å². The molecule has 0 aliphatic carbocycles. The van der Waals surface area contributed by atoms with E-state index in [0.29, 0.717) is 13.0 Å². The van der Waals surface area contributed by atoms with Crippen molar-refractivity contribution in [2.75, 3.05) is 6.61 Å². The highest BCUT2D eigenvalue weighted by atomic mass is 16.5. The Bertz CT molecular complexity index is 403. The summed E-state index contributed by atoms with van der Waals surface area (Å²) >= 11 is 0. The van der Waals surface area contributed by atoms with Crippen LogP contribution in [0.4, 0.5) is 0 Å². The largest absolute Gasteiger partial charge is 0.466 e. The lowest BCUT2D eigenvalue weighted by molar-refractivity contribution is -0.143. The summed E-state index contributed by atoms with van der Waals surface area (Å²) < 4.78 is 5.31. The molecule has 0 aliphatic heterocycles. The van der Waals surface area contributed by atoms with Crippen molar-refractivity contribution >= 4 is 5.97 Å². The number of carbonyl (C=O) groups excluding carboxylic acids is 1. The summed E-state index contributed by atoms with van der Waals surface area (Å²) in [7, 11) is 0. The summed E-state index contributed by atoms with van der Waals surface area (Å²) in [6, 6.07) is 0. The molecule has 2 heteroatoms. The first-order valence-corrected chi connectivity index (χ1v) is 11.6. The molecule has 0 N–H and O–H groups in total. The predicted molar refractivity (Wildman–Crippen MR) is 124 cm³/mol. The van der Waals surface area contributed by atoms with Crippen LogP contribution in [-0.2, 0) is 9.53 Å². The van der Waals surface area contributed by atoms with Crippen LogP contribution in [0.5, 0.6) is 0 Å². The predicted octanol–water partition coefficient (Wildman–Crippen LogP) is 8.26. The van der Waals surface area contributed by atoms with Crippen molar-refractivity contribution < 1.29 is 9.53 Å². The van der Waals surface area contributed by atoms with Gasteiger partial charge in [0, 0.05) is 6.42 Å².